The molecule has 0 N–H and O–H groups in total. The lowest BCUT2D eigenvalue weighted by Gasteiger charge is -2.45. The van der Waals surface area contributed by atoms with Crippen molar-refractivity contribution < 1.29 is 22.7 Å². The zero-order chi connectivity index (χ0) is 23.6. The third-order valence-electron chi connectivity index (χ3n) is 6.90. The molecule has 4 rings (SSSR count). The molecule has 10 heteroatoms. The molecule has 0 unspecified atom stereocenters. The van der Waals surface area contributed by atoms with Gasteiger partial charge >= 0.3 is 12.2 Å². The van der Waals surface area contributed by atoms with Crippen molar-refractivity contribution in [2.45, 2.75) is 38.0 Å². The van der Waals surface area contributed by atoms with Crippen molar-refractivity contribution in [3.63, 3.8) is 0 Å². The van der Waals surface area contributed by atoms with Crippen molar-refractivity contribution in [2.24, 2.45) is 0 Å². The van der Waals surface area contributed by atoms with Gasteiger partial charge in [-0.3, -0.25) is 4.90 Å². The maximum atomic E-state index is 13.4. The maximum Gasteiger partial charge on any atom is 0.416 e. The second-order valence-corrected chi connectivity index (χ2v) is 9.01. The molecule has 1 amide bonds. The Hall–Kier alpha value is -2.59. The average Bonchev–Trinajstić information content (AvgIpc) is 3.34. The van der Waals surface area contributed by atoms with Gasteiger partial charge in [0.25, 0.3) is 0 Å². The van der Waals surface area contributed by atoms with E-state index >= 15 is 0 Å². The molecule has 0 saturated carbocycles. The highest BCUT2D eigenvalue weighted by molar-refractivity contribution is 5.75. The van der Waals surface area contributed by atoms with Gasteiger partial charge in [-0.25, -0.2) is 4.79 Å². The summed E-state index contributed by atoms with van der Waals surface area (Å²) in [7, 11) is 2.01. The molecule has 1 aromatic heterocycles. The lowest BCUT2D eigenvalue weighted by Crippen LogP contribution is -2.53. The van der Waals surface area contributed by atoms with Crippen molar-refractivity contribution in [1.82, 2.24) is 19.6 Å². The molecule has 0 spiro atoms. The van der Waals surface area contributed by atoms with E-state index in [0.717, 1.165) is 18.4 Å². The van der Waals surface area contributed by atoms with Crippen LogP contribution in [0.5, 0.6) is 0 Å². The van der Waals surface area contributed by atoms with Crippen LogP contribution in [-0.2, 0) is 17.5 Å². The summed E-state index contributed by atoms with van der Waals surface area (Å²) in [6.07, 6.45) is 0.370. The molecule has 0 bridgehead atoms. The largest absolute Gasteiger partial charge is 0.416 e. The van der Waals surface area contributed by atoms with E-state index in [4.69, 9.17) is 4.74 Å². The van der Waals surface area contributed by atoms with Crippen LogP contribution in [0.3, 0.4) is 0 Å². The van der Waals surface area contributed by atoms with E-state index in [9.17, 15) is 18.0 Å². The van der Waals surface area contributed by atoms with Gasteiger partial charge in [0.05, 0.1) is 18.8 Å². The lowest BCUT2D eigenvalue weighted by atomic mass is 9.87. The third-order valence-corrected chi connectivity index (χ3v) is 6.90. The van der Waals surface area contributed by atoms with E-state index in [-0.39, 0.29) is 11.6 Å². The zero-order valence-electron chi connectivity index (χ0n) is 19.0. The first-order valence-corrected chi connectivity index (χ1v) is 11.2. The number of piperidine rings is 1. The summed E-state index contributed by atoms with van der Waals surface area (Å²) in [6.45, 7) is 6.02. The molecule has 2 aliphatic rings. The van der Waals surface area contributed by atoms with E-state index in [1.165, 1.54) is 16.8 Å². The van der Waals surface area contributed by atoms with Crippen molar-refractivity contribution in [2.75, 3.05) is 51.3 Å². The Morgan fingerprint density at radius 3 is 2.48 bits per heavy atom. The summed E-state index contributed by atoms with van der Waals surface area (Å²) in [4.78, 5) is 18.5. The second-order valence-electron chi connectivity index (χ2n) is 9.01. The number of morpholine rings is 1. The summed E-state index contributed by atoms with van der Waals surface area (Å²) in [5, 5.41) is 4.02. The van der Waals surface area contributed by atoms with Crippen LogP contribution in [0.2, 0.25) is 0 Å². The van der Waals surface area contributed by atoms with Crippen molar-refractivity contribution in [3.8, 4) is 0 Å². The molecule has 1 aromatic carbocycles. The van der Waals surface area contributed by atoms with Gasteiger partial charge in [0.1, 0.15) is 0 Å². The van der Waals surface area contributed by atoms with Crippen LogP contribution in [-0.4, -0.2) is 77.6 Å². The zero-order valence-corrected chi connectivity index (χ0v) is 19.0. The number of halogens is 3. The van der Waals surface area contributed by atoms with E-state index in [1.54, 1.807) is 29.4 Å². The number of alkyl halides is 3. The van der Waals surface area contributed by atoms with E-state index in [2.05, 4.69) is 16.9 Å². The fraction of sp³-hybridized carbons (Fsp3) is 0.565. The number of benzene rings is 1. The molecule has 2 fully saturated rings. The molecule has 3 heterocycles. The molecule has 180 valence electrons. The summed E-state index contributed by atoms with van der Waals surface area (Å²) in [6, 6.07) is 5.62. The van der Waals surface area contributed by atoms with E-state index < -0.39 is 11.7 Å². The van der Waals surface area contributed by atoms with Gasteiger partial charge in [0.2, 0.25) is 0 Å². The summed E-state index contributed by atoms with van der Waals surface area (Å²) >= 11 is 0. The monoisotopic (exact) mass is 465 g/mol. The molecule has 33 heavy (non-hydrogen) atoms. The summed E-state index contributed by atoms with van der Waals surface area (Å²) in [5.41, 5.74) is 0.678. The van der Waals surface area contributed by atoms with Crippen LogP contribution in [0.25, 0.3) is 0 Å². The first-order valence-electron chi connectivity index (χ1n) is 11.2. The molecule has 0 aliphatic carbocycles. The first kappa shape index (κ1) is 23.6. The summed E-state index contributed by atoms with van der Waals surface area (Å²) < 4.78 is 46.9. The molecule has 7 nitrogen and oxygen atoms in total. The number of ether oxygens (including phenoxy) is 1. The smallest absolute Gasteiger partial charge is 0.378 e. The van der Waals surface area contributed by atoms with Gasteiger partial charge in [-0.15, -0.1) is 0 Å². The molecular weight excluding hydrogens is 435 g/mol. The van der Waals surface area contributed by atoms with E-state index in [0.29, 0.717) is 51.6 Å². The van der Waals surface area contributed by atoms with Crippen LogP contribution in [0.15, 0.2) is 36.7 Å². The number of aromatic nitrogens is 2. The highest BCUT2D eigenvalue weighted by Gasteiger charge is 2.37. The van der Waals surface area contributed by atoms with Gasteiger partial charge in [0, 0.05) is 56.3 Å². The number of hydrogen-bond donors (Lipinski definition) is 0. The molecular formula is C23H30F3N5O2. The van der Waals surface area contributed by atoms with Crippen LogP contribution in [0, 0.1) is 0 Å². The predicted octanol–water partition coefficient (Wildman–Crippen LogP) is 3.69. The SMILES string of the molecule is CN(Cc1ccc(C(F)(F)F)cc1N1CCOCC1)C1(C)CCN(C(=O)n2cccn2)CC1. The molecule has 0 radical (unpaired) electrons. The van der Waals surface area contributed by atoms with Gasteiger partial charge in [-0.1, -0.05) is 6.07 Å². The Bertz CT molecular complexity index is 950. The highest BCUT2D eigenvalue weighted by Crippen LogP contribution is 2.36. The number of amides is 1. The fourth-order valence-electron chi connectivity index (χ4n) is 4.51. The quantitative estimate of drug-likeness (QED) is 0.690. The number of likely N-dealkylation sites (tertiary alicyclic amines) is 1. The van der Waals surface area contributed by atoms with Crippen molar-refractivity contribution >= 4 is 11.7 Å². The minimum Gasteiger partial charge on any atom is -0.378 e. The second kappa shape index (κ2) is 9.34. The number of rotatable bonds is 4. The Morgan fingerprint density at radius 2 is 1.88 bits per heavy atom. The van der Waals surface area contributed by atoms with E-state index in [1.807, 2.05) is 11.9 Å². The standard InChI is InChI=1S/C23H30F3N5O2/c1-22(6-10-30(11-7-22)21(32)31-9-3-8-27-31)28(2)17-18-4-5-19(23(24,25)26)16-20(18)29-12-14-33-15-13-29/h3-5,8-9,16H,6-7,10-15,17H2,1-2H3. The number of carbonyl (C=O) groups is 1. The lowest BCUT2D eigenvalue weighted by molar-refractivity contribution is -0.137. The topological polar surface area (TPSA) is 53.8 Å². The molecule has 2 aromatic rings. The molecule has 2 saturated heterocycles. The van der Waals surface area contributed by atoms with Crippen molar-refractivity contribution in [3.05, 3.63) is 47.8 Å². The summed E-state index contributed by atoms with van der Waals surface area (Å²) in [5.74, 6) is 0. The van der Waals surface area contributed by atoms with Crippen LogP contribution in [0.1, 0.15) is 30.9 Å². The Kier molecular flexibility index (Phi) is 6.67. The minimum atomic E-state index is -4.38. The molecule has 0 atom stereocenters. The van der Waals surface area contributed by atoms with Crippen LogP contribution >= 0.6 is 0 Å². The van der Waals surface area contributed by atoms with Crippen molar-refractivity contribution in [1.29, 1.82) is 0 Å². The fourth-order valence-corrected chi connectivity index (χ4v) is 4.51. The Morgan fingerprint density at radius 1 is 1.18 bits per heavy atom. The van der Waals surface area contributed by atoms with Crippen LogP contribution in [0.4, 0.5) is 23.7 Å². The normalized spacial score (nSPS) is 19.2. The minimum absolute atomic E-state index is 0.137. The highest BCUT2D eigenvalue weighted by atomic mass is 19.4. The maximum absolute atomic E-state index is 13.4. The van der Waals surface area contributed by atoms with Gasteiger partial charge in [0.15, 0.2) is 0 Å². The Labute approximate surface area is 191 Å². The van der Waals surface area contributed by atoms with Gasteiger partial charge < -0.3 is 14.5 Å². The predicted molar refractivity (Wildman–Crippen MR) is 118 cm³/mol. The number of nitrogens with zero attached hydrogens (tertiary/aromatic N) is 5. The van der Waals surface area contributed by atoms with Gasteiger partial charge in [-0.2, -0.15) is 23.0 Å². The average molecular weight is 466 g/mol. The first-order chi connectivity index (χ1) is 15.7. The number of hydrogen-bond acceptors (Lipinski definition) is 5. The van der Waals surface area contributed by atoms with Crippen LogP contribution < -0.4 is 4.90 Å². The molecule has 2 aliphatic heterocycles. The van der Waals surface area contributed by atoms with Gasteiger partial charge in [-0.05, 0) is 50.6 Å². The Balaban J connectivity index is 1.48. The number of carbonyl (C=O) groups excluding carboxylic acids is 1. The third kappa shape index (κ3) is 5.16. The number of anilines is 1.